The SMILES string of the molecule is COCC(N)C(=O)Nc1ncc(Cc2ccc(Br)cc2)s1. The molecule has 0 radical (unpaired) electrons. The van der Waals surface area contributed by atoms with Gasteiger partial charge in [0.15, 0.2) is 5.13 Å². The van der Waals surface area contributed by atoms with Crippen molar-refractivity contribution in [2.75, 3.05) is 19.0 Å². The van der Waals surface area contributed by atoms with Crippen molar-refractivity contribution in [3.05, 3.63) is 45.4 Å². The molecule has 1 atom stereocenters. The van der Waals surface area contributed by atoms with E-state index in [4.69, 9.17) is 10.5 Å². The lowest BCUT2D eigenvalue weighted by molar-refractivity contribution is -0.118. The van der Waals surface area contributed by atoms with E-state index in [0.717, 1.165) is 15.8 Å². The summed E-state index contributed by atoms with van der Waals surface area (Å²) >= 11 is 4.85. The van der Waals surface area contributed by atoms with Crippen LogP contribution in [-0.4, -0.2) is 30.6 Å². The summed E-state index contributed by atoms with van der Waals surface area (Å²) in [5.41, 5.74) is 6.85. The van der Waals surface area contributed by atoms with Crippen LogP contribution in [0, 0.1) is 0 Å². The highest BCUT2D eigenvalue weighted by Crippen LogP contribution is 2.22. The Labute approximate surface area is 135 Å². The number of thiazole rings is 1. The number of nitrogens with one attached hydrogen (secondary N) is 1. The Morgan fingerprint density at radius 2 is 2.19 bits per heavy atom. The second-order valence-corrected chi connectivity index (χ2v) is 6.52. The smallest absolute Gasteiger partial charge is 0.245 e. The molecule has 1 unspecified atom stereocenters. The van der Waals surface area contributed by atoms with Crippen LogP contribution in [0.4, 0.5) is 5.13 Å². The van der Waals surface area contributed by atoms with Crippen LogP contribution in [0.5, 0.6) is 0 Å². The summed E-state index contributed by atoms with van der Waals surface area (Å²) in [7, 11) is 1.51. The van der Waals surface area contributed by atoms with E-state index >= 15 is 0 Å². The van der Waals surface area contributed by atoms with E-state index in [1.807, 2.05) is 12.1 Å². The van der Waals surface area contributed by atoms with Gasteiger partial charge in [-0.05, 0) is 17.7 Å². The number of methoxy groups -OCH3 is 1. The number of nitrogens with two attached hydrogens (primary N) is 1. The normalized spacial score (nSPS) is 12.1. The van der Waals surface area contributed by atoms with Crippen LogP contribution in [-0.2, 0) is 16.0 Å². The first-order valence-electron chi connectivity index (χ1n) is 6.33. The summed E-state index contributed by atoms with van der Waals surface area (Å²) in [6.45, 7) is 0.183. The number of nitrogens with zero attached hydrogens (tertiary/aromatic N) is 1. The molecule has 0 saturated heterocycles. The maximum atomic E-state index is 11.8. The fourth-order valence-electron chi connectivity index (χ4n) is 1.70. The Balaban J connectivity index is 1.95. The molecule has 1 heterocycles. The van der Waals surface area contributed by atoms with Crippen LogP contribution in [0.2, 0.25) is 0 Å². The van der Waals surface area contributed by atoms with Crippen molar-refractivity contribution in [1.82, 2.24) is 4.98 Å². The molecule has 0 aliphatic heterocycles. The van der Waals surface area contributed by atoms with Gasteiger partial charge in [-0.25, -0.2) is 4.98 Å². The first-order chi connectivity index (χ1) is 10.1. The minimum Gasteiger partial charge on any atom is -0.383 e. The van der Waals surface area contributed by atoms with Gasteiger partial charge >= 0.3 is 0 Å². The van der Waals surface area contributed by atoms with Crippen LogP contribution < -0.4 is 11.1 Å². The first kappa shape index (κ1) is 16.1. The maximum Gasteiger partial charge on any atom is 0.245 e. The van der Waals surface area contributed by atoms with Gasteiger partial charge in [-0.15, -0.1) is 11.3 Å². The molecule has 2 rings (SSSR count). The maximum absolute atomic E-state index is 11.8. The highest BCUT2D eigenvalue weighted by atomic mass is 79.9. The van der Waals surface area contributed by atoms with Gasteiger partial charge in [0.25, 0.3) is 0 Å². The zero-order valence-corrected chi connectivity index (χ0v) is 13.9. The quantitative estimate of drug-likeness (QED) is 0.819. The number of amides is 1. The molecular weight excluding hydrogens is 354 g/mol. The second-order valence-electron chi connectivity index (χ2n) is 4.49. The number of hydrogen-bond acceptors (Lipinski definition) is 5. The Bertz CT molecular complexity index is 601. The van der Waals surface area contributed by atoms with Crippen molar-refractivity contribution in [1.29, 1.82) is 0 Å². The number of aromatic nitrogens is 1. The summed E-state index contributed by atoms with van der Waals surface area (Å²) in [6.07, 6.45) is 2.55. The fourth-order valence-corrected chi connectivity index (χ4v) is 2.82. The van der Waals surface area contributed by atoms with Crippen molar-refractivity contribution in [2.45, 2.75) is 12.5 Å². The second kappa shape index (κ2) is 7.65. The van der Waals surface area contributed by atoms with Gasteiger partial charge in [-0.3, -0.25) is 4.79 Å². The van der Waals surface area contributed by atoms with Crippen molar-refractivity contribution < 1.29 is 9.53 Å². The van der Waals surface area contributed by atoms with Gasteiger partial charge in [0.05, 0.1) is 6.61 Å². The molecule has 0 aliphatic rings. The fraction of sp³-hybridized carbons (Fsp3) is 0.286. The summed E-state index contributed by atoms with van der Waals surface area (Å²) in [5.74, 6) is -0.290. The van der Waals surface area contributed by atoms with Gasteiger partial charge in [-0.2, -0.15) is 0 Å². The van der Waals surface area contributed by atoms with Gasteiger partial charge in [0.2, 0.25) is 5.91 Å². The molecule has 3 N–H and O–H groups in total. The van der Waals surface area contributed by atoms with Crippen molar-refractivity contribution in [3.8, 4) is 0 Å². The number of ether oxygens (including phenoxy) is 1. The topological polar surface area (TPSA) is 77.2 Å². The molecule has 1 aromatic carbocycles. The van der Waals surface area contributed by atoms with E-state index in [9.17, 15) is 4.79 Å². The zero-order chi connectivity index (χ0) is 15.2. The van der Waals surface area contributed by atoms with Crippen LogP contribution in [0.1, 0.15) is 10.4 Å². The molecule has 0 aliphatic carbocycles. The monoisotopic (exact) mass is 369 g/mol. The number of carbonyl (C=O) groups is 1. The van der Waals surface area contributed by atoms with Crippen molar-refractivity contribution in [3.63, 3.8) is 0 Å². The Hall–Kier alpha value is -1.28. The molecule has 0 saturated carbocycles. The molecule has 0 fully saturated rings. The van der Waals surface area contributed by atoms with E-state index in [2.05, 4.69) is 38.4 Å². The third kappa shape index (κ3) is 4.89. The Kier molecular flexibility index (Phi) is 5.86. The minimum absolute atomic E-state index is 0.183. The third-order valence-electron chi connectivity index (χ3n) is 2.76. The molecule has 5 nitrogen and oxygen atoms in total. The summed E-state index contributed by atoms with van der Waals surface area (Å²) in [5, 5.41) is 3.25. The van der Waals surface area contributed by atoms with Gasteiger partial charge in [0, 0.05) is 29.1 Å². The minimum atomic E-state index is -0.686. The van der Waals surface area contributed by atoms with Gasteiger partial charge in [0.1, 0.15) is 6.04 Å². The van der Waals surface area contributed by atoms with Gasteiger partial charge in [-0.1, -0.05) is 28.1 Å². The Morgan fingerprint density at radius 1 is 1.48 bits per heavy atom. The molecule has 0 spiro atoms. The van der Waals surface area contributed by atoms with Crippen molar-refractivity contribution in [2.24, 2.45) is 5.73 Å². The number of anilines is 1. The van der Waals surface area contributed by atoms with E-state index in [0.29, 0.717) is 5.13 Å². The average molecular weight is 370 g/mol. The Morgan fingerprint density at radius 3 is 2.86 bits per heavy atom. The van der Waals surface area contributed by atoms with Crippen LogP contribution in [0.15, 0.2) is 34.9 Å². The van der Waals surface area contributed by atoms with E-state index in [1.54, 1.807) is 6.20 Å². The first-order valence-corrected chi connectivity index (χ1v) is 7.94. The number of benzene rings is 1. The lowest BCUT2D eigenvalue weighted by Gasteiger charge is -2.08. The molecule has 112 valence electrons. The summed E-state index contributed by atoms with van der Waals surface area (Å²) in [6, 6.07) is 7.42. The average Bonchev–Trinajstić information content (AvgIpc) is 2.89. The van der Waals surface area contributed by atoms with Crippen LogP contribution in [0.25, 0.3) is 0 Å². The number of hydrogen-bond donors (Lipinski definition) is 2. The molecule has 1 amide bonds. The number of rotatable bonds is 6. The van der Waals surface area contributed by atoms with E-state index < -0.39 is 6.04 Å². The molecule has 1 aromatic heterocycles. The molecule has 21 heavy (non-hydrogen) atoms. The van der Waals surface area contributed by atoms with Gasteiger partial charge < -0.3 is 15.8 Å². The summed E-state index contributed by atoms with van der Waals surface area (Å²) in [4.78, 5) is 17.0. The zero-order valence-electron chi connectivity index (χ0n) is 11.5. The number of halogens is 1. The van der Waals surface area contributed by atoms with Crippen molar-refractivity contribution >= 4 is 38.3 Å². The predicted molar refractivity (Wildman–Crippen MR) is 87.5 cm³/mol. The van der Waals surface area contributed by atoms with Crippen LogP contribution >= 0.6 is 27.3 Å². The molecule has 7 heteroatoms. The highest BCUT2D eigenvalue weighted by Gasteiger charge is 2.14. The van der Waals surface area contributed by atoms with E-state index in [1.165, 1.54) is 24.0 Å². The molecular formula is C14H16BrN3O2S. The third-order valence-corrected chi connectivity index (χ3v) is 4.20. The summed E-state index contributed by atoms with van der Waals surface area (Å²) < 4.78 is 5.90. The number of carbonyl (C=O) groups excluding carboxylic acids is 1. The van der Waals surface area contributed by atoms with Crippen LogP contribution in [0.3, 0.4) is 0 Å². The van der Waals surface area contributed by atoms with E-state index in [-0.39, 0.29) is 12.5 Å². The molecule has 0 bridgehead atoms. The largest absolute Gasteiger partial charge is 0.383 e. The predicted octanol–water partition coefficient (Wildman–Crippen LogP) is 2.41. The lowest BCUT2D eigenvalue weighted by Crippen LogP contribution is -2.39. The molecule has 2 aromatic rings. The highest BCUT2D eigenvalue weighted by molar-refractivity contribution is 9.10. The lowest BCUT2D eigenvalue weighted by atomic mass is 10.1. The standard InChI is InChI=1S/C14H16BrN3O2S/c1-20-8-12(16)13(19)18-14-17-7-11(21-14)6-9-2-4-10(15)5-3-9/h2-5,7,12H,6,8,16H2,1H3,(H,17,18,19).